The second-order valence-electron chi connectivity index (χ2n) is 4.94. The molecule has 0 saturated carbocycles. The second-order valence-corrected chi connectivity index (χ2v) is 5.38. The van der Waals surface area contributed by atoms with Crippen LogP contribution in [0.25, 0.3) is 0 Å². The predicted octanol–water partition coefficient (Wildman–Crippen LogP) is 2.89. The van der Waals surface area contributed by atoms with E-state index >= 15 is 0 Å². The maximum atomic E-state index is 5.92. The van der Waals surface area contributed by atoms with E-state index in [1.807, 2.05) is 49.1 Å². The van der Waals surface area contributed by atoms with Crippen molar-refractivity contribution in [2.45, 2.75) is 13.5 Å². The van der Waals surface area contributed by atoms with Gasteiger partial charge in [0.1, 0.15) is 12.4 Å². The summed E-state index contributed by atoms with van der Waals surface area (Å²) in [6.45, 7) is 4.37. The van der Waals surface area contributed by atoms with Gasteiger partial charge in [-0.2, -0.15) is 5.10 Å². The van der Waals surface area contributed by atoms with Crippen molar-refractivity contribution in [3.63, 3.8) is 0 Å². The van der Waals surface area contributed by atoms with Crippen molar-refractivity contribution in [3.05, 3.63) is 46.7 Å². The molecule has 0 radical (unpaired) electrons. The molecule has 0 atom stereocenters. The fourth-order valence-electron chi connectivity index (χ4n) is 2.00. The molecule has 0 fully saturated rings. The van der Waals surface area contributed by atoms with Gasteiger partial charge < -0.3 is 4.74 Å². The van der Waals surface area contributed by atoms with Gasteiger partial charge in [-0.3, -0.25) is 9.58 Å². The average molecular weight is 294 g/mol. The van der Waals surface area contributed by atoms with Crippen molar-refractivity contribution in [2.24, 2.45) is 7.05 Å². The molecule has 0 unspecified atom stereocenters. The van der Waals surface area contributed by atoms with E-state index in [2.05, 4.69) is 17.0 Å². The van der Waals surface area contributed by atoms with Gasteiger partial charge in [0, 0.05) is 31.4 Å². The van der Waals surface area contributed by atoms with Crippen LogP contribution in [-0.2, 0) is 13.6 Å². The predicted molar refractivity (Wildman–Crippen MR) is 81.2 cm³/mol. The Bertz CT molecular complexity index is 568. The lowest BCUT2D eigenvalue weighted by Crippen LogP contribution is -2.25. The summed E-state index contributed by atoms with van der Waals surface area (Å²) in [4.78, 5) is 2.21. The number of hydrogen-bond acceptors (Lipinski definition) is 3. The van der Waals surface area contributed by atoms with Crippen molar-refractivity contribution in [1.29, 1.82) is 0 Å². The Morgan fingerprint density at radius 2 is 2.15 bits per heavy atom. The zero-order valence-corrected chi connectivity index (χ0v) is 12.9. The summed E-state index contributed by atoms with van der Waals surface area (Å²) in [6.07, 6.45) is 1.82. The van der Waals surface area contributed by atoms with Crippen molar-refractivity contribution in [3.8, 4) is 5.75 Å². The van der Waals surface area contributed by atoms with E-state index in [-0.39, 0.29) is 0 Å². The molecular weight excluding hydrogens is 274 g/mol. The highest BCUT2D eigenvalue weighted by molar-refractivity contribution is 6.30. The molecule has 0 aliphatic carbocycles. The fourth-order valence-corrected chi connectivity index (χ4v) is 2.22. The normalized spacial score (nSPS) is 11.1. The van der Waals surface area contributed by atoms with E-state index in [0.717, 1.165) is 29.4 Å². The first-order valence-corrected chi connectivity index (χ1v) is 6.98. The van der Waals surface area contributed by atoms with Gasteiger partial charge in [-0.25, -0.2) is 0 Å². The van der Waals surface area contributed by atoms with Gasteiger partial charge in [0.15, 0.2) is 0 Å². The molecule has 1 aromatic heterocycles. The Hall–Kier alpha value is -1.52. The lowest BCUT2D eigenvalue weighted by molar-refractivity contribution is 0.229. The number of aromatic nitrogens is 2. The number of nitrogens with zero attached hydrogens (tertiary/aromatic N) is 3. The first-order chi connectivity index (χ1) is 9.56. The summed E-state index contributed by atoms with van der Waals surface area (Å²) in [5, 5.41) is 4.90. The number of likely N-dealkylation sites (N-methyl/N-ethyl adjacent to an activating group) is 1. The van der Waals surface area contributed by atoms with Gasteiger partial charge in [0.2, 0.25) is 0 Å². The average Bonchev–Trinajstić information content (AvgIpc) is 2.78. The number of halogens is 1. The molecule has 108 valence electrons. The number of rotatable bonds is 6. The standard InChI is InChI=1S/C15H20ClN3O/c1-12-10-13(16)4-5-15(12)20-9-8-18(2)11-14-6-7-17-19(14)3/h4-7,10H,8-9,11H2,1-3H3. The van der Waals surface area contributed by atoms with Crippen LogP contribution in [0.5, 0.6) is 5.75 Å². The molecule has 20 heavy (non-hydrogen) atoms. The van der Waals surface area contributed by atoms with Crippen molar-refractivity contribution >= 4 is 11.6 Å². The van der Waals surface area contributed by atoms with Gasteiger partial charge in [-0.15, -0.1) is 0 Å². The lowest BCUT2D eigenvalue weighted by atomic mass is 10.2. The third-order valence-corrected chi connectivity index (χ3v) is 3.46. The van der Waals surface area contributed by atoms with E-state index in [0.29, 0.717) is 6.61 Å². The third kappa shape index (κ3) is 3.99. The van der Waals surface area contributed by atoms with Crippen LogP contribution in [0.2, 0.25) is 5.02 Å². The van der Waals surface area contributed by atoms with Gasteiger partial charge in [-0.1, -0.05) is 11.6 Å². The highest BCUT2D eigenvalue weighted by Gasteiger charge is 2.05. The van der Waals surface area contributed by atoms with Crippen LogP contribution in [0.3, 0.4) is 0 Å². The van der Waals surface area contributed by atoms with Crippen LogP contribution >= 0.6 is 11.6 Å². The zero-order chi connectivity index (χ0) is 14.5. The Morgan fingerprint density at radius 3 is 2.80 bits per heavy atom. The van der Waals surface area contributed by atoms with Crippen LogP contribution in [0.15, 0.2) is 30.5 Å². The van der Waals surface area contributed by atoms with Gasteiger partial charge in [0.05, 0.1) is 5.69 Å². The Morgan fingerprint density at radius 1 is 1.35 bits per heavy atom. The van der Waals surface area contributed by atoms with Crippen LogP contribution in [0.4, 0.5) is 0 Å². The van der Waals surface area contributed by atoms with Gasteiger partial charge in [-0.05, 0) is 43.8 Å². The van der Waals surface area contributed by atoms with E-state index in [4.69, 9.17) is 16.3 Å². The number of aryl methyl sites for hydroxylation is 2. The second kappa shape index (κ2) is 6.77. The topological polar surface area (TPSA) is 30.3 Å². The van der Waals surface area contributed by atoms with Crippen molar-refractivity contribution < 1.29 is 4.74 Å². The maximum absolute atomic E-state index is 5.92. The van der Waals surface area contributed by atoms with Crippen molar-refractivity contribution in [1.82, 2.24) is 14.7 Å². The molecule has 0 saturated heterocycles. The molecule has 0 aliphatic rings. The summed E-state index contributed by atoms with van der Waals surface area (Å²) in [5.74, 6) is 0.892. The molecule has 0 N–H and O–H groups in total. The molecule has 0 aliphatic heterocycles. The smallest absolute Gasteiger partial charge is 0.122 e. The molecule has 2 rings (SSSR count). The minimum atomic E-state index is 0.650. The Labute approximate surface area is 124 Å². The first kappa shape index (κ1) is 14.9. The number of benzene rings is 1. The molecular formula is C15H20ClN3O. The lowest BCUT2D eigenvalue weighted by Gasteiger charge is -2.17. The van der Waals surface area contributed by atoms with Crippen LogP contribution in [0, 0.1) is 6.92 Å². The van der Waals surface area contributed by atoms with Gasteiger partial charge in [0.25, 0.3) is 0 Å². The van der Waals surface area contributed by atoms with Crippen LogP contribution in [-0.4, -0.2) is 34.9 Å². The molecule has 1 heterocycles. The molecule has 2 aromatic rings. The summed E-state index contributed by atoms with van der Waals surface area (Å²) in [7, 11) is 4.03. The quantitative estimate of drug-likeness (QED) is 0.820. The molecule has 4 nitrogen and oxygen atoms in total. The molecule has 0 amide bonds. The SMILES string of the molecule is Cc1cc(Cl)ccc1OCCN(C)Cc1ccnn1C. The number of hydrogen-bond donors (Lipinski definition) is 0. The van der Waals surface area contributed by atoms with Crippen LogP contribution < -0.4 is 4.74 Å². The summed E-state index contributed by atoms with van der Waals surface area (Å²) >= 11 is 5.92. The van der Waals surface area contributed by atoms with E-state index in [1.54, 1.807) is 0 Å². The fraction of sp³-hybridized carbons (Fsp3) is 0.400. The molecule has 0 spiro atoms. The monoisotopic (exact) mass is 293 g/mol. The Kier molecular flexibility index (Phi) is 5.04. The minimum absolute atomic E-state index is 0.650. The van der Waals surface area contributed by atoms with E-state index < -0.39 is 0 Å². The van der Waals surface area contributed by atoms with Gasteiger partial charge >= 0.3 is 0 Å². The highest BCUT2D eigenvalue weighted by atomic mass is 35.5. The minimum Gasteiger partial charge on any atom is -0.492 e. The summed E-state index contributed by atoms with van der Waals surface area (Å²) in [5.41, 5.74) is 2.25. The molecule has 0 bridgehead atoms. The maximum Gasteiger partial charge on any atom is 0.122 e. The number of ether oxygens (including phenoxy) is 1. The van der Waals surface area contributed by atoms with Crippen molar-refractivity contribution in [2.75, 3.05) is 20.2 Å². The zero-order valence-electron chi connectivity index (χ0n) is 12.1. The molecule has 5 heteroatoms. The Balaban J connectivity index is 1.79. The summed E-state index contributed by atoms with van der Waals surface area (Å²) < 4.78 is 7.68. The third-order valence-electron chi connectivity index (χ3n) is 3.22. The van der Waals surface area contributed by atoms with Crippen LogP contribution in [0.1, 0.15) is 11.3 Å². The highest BCUT2D eigenvalue weighted by Crippen LogP contribution is 2.21. The largest absolute Gasteiger partial charge is 0.492 e. The first-order valence-electron chi connectivity index (χ1n) is 6.60. The van der Waals surface area contributed by atoms with E-state index in [9.17, 15) is 0 Å². The summed E-state index contributed by atoms with van der Waals surface area (Å²) in [6, 6.07) is 7.71. The molecule has 1 aromatic carbocycles. The van der Waals surface area contributed by atoms with E-state index in [1.165, 1.54) is 5.69 Å².